The molecule has 0 aliphatic heterocycles. The molecule has 3 aromatic heterocycles. The van der Waals surface area contributed by atoms with Crippen LogP contribution < -0.4 is 0 Å². The first kappa shape index (κ1) is 29.8. The quantitative estimate of drug-likeness (QED) is 0.182. The van der Waals surface area contributed by atoms with Crippen molar-refractivity contribution in [3.63, 3.8) is 0 Å². The minimum atomic E-state index is -0.0723. The van der Waals surface area contributed by atoms with Crippen molar-refractivity contribution < 1.29 is 0 Å². The lowest BCUT2D eigenvalue weighted by molar-refractivity contribution is 0.600. The largest absolute Gasteiger partial charge is 0.276 e. The van der Waals surface area contributed by atoms with E-state index < -0.39 is 0 Å². The molecule has 1 atom stereocenters. The molecule has 0 saturated heterocycles. The topological polar surface area (TPSA) is 30.7 Å². The van der Waals surface area contributed by atoms with Gasteiger partial charge in [-0.3, -0.25) is 4.57 Å². The molecule has 10 rings (SSSR count). The Labute approximate surface area is 300 Å². The lowest BCUT2D eigenvalue weighted by Gasteiger charge is -2.27. The molecular weight excluding hydrogens is 639 g/mol. The van der Waals surface area contributed by atoms with E-state index >= 15 is 0 Å². The zero-order valence-corrected chi connectivity index (χ0v) is 28.9. The molecule has 0 amide bonds. The number of aromatic nitrogens is 3. The molecule has 0 N–H and O–H groups in total. The predicted octanol–water partition coefficient (Wildman–Crippen LogP) is 12.7. The van der Waals surface area contributed by atoms with E-state index in [2.05, 4.69) is 169 Å². The van der Waals surface area contributed by atoms with Crippen molar-refractivity contribution in [2.75, 3.05) is 0 Å². The van der Waals surface area contributed by atoms with Crippen LogP contribution in [0.4, 0.5) is 0 Å². The molecule has 1 unspecified atom stereocenters. The summed E-state index contributed by atoms with van der Waals surface area (Å²) in [4.78, 5) is 10.7. The monoisotopic (exact) mass is 671 g/mol. The number of thiophene rings is 1. The molecule has 6 aromatic carbocycles. The number of hydrogen-bond acceptors (Lipinski definition) is 3. The number of allylic oxidation sites excluding steroid dienone is 4. The molecule has 4 heteroatoms. The highest BCUT2D eigenvalue weighted by atomic mass is 32.1. The van der Waals surface area contributed by atoms with Gasteiger partial charge in [0, 0.05) is 42.8 Å². The van der Waals surface area contributed by atoms with Crippen LogP contribution in [0.15, 0.2) is 170 Å². The highest BCUT2D eigenvalue weighted by Gasteiger charge is 2.26. The van der Waals surface area contributed by atoms with E-state index in [0.717, 1.165) is 40.0 Å². The Morgan fingerprint density at radius 2 is 1.24 bits per heavy atom. The lowest BCUT2D eigenvalue weighted by Crippen LogP contribution is -2.19. The number of hydrogen-bond donors (Lipinski definition) is 0. The first-order valence-corrected chi connectivity index (χ1v) is 18.3. The van der Waals surface area contributed by atoms with E-state index in [1.807, 2.05) is 23.5 Å². The summed E-state index contributed by atoms with van der Waals surface area (Å²) in [5.41, 5.74) is 9.85. The van der Waals surface area contributed by atoms with Gasteiger partial charge in [0.1, 0.15) is 0 Å². The van der Waals surface area contributed by atoms with Crippen LogP contribution in [0.2, 0.25) is 0 Å². The SMILES string of the molecule is CC1(c2ccc3c(c2)c2ccc4c5cc(-c6ccccc6)ccc5sc4c2n3-c2nc(-c3ccccc3)cc(-c3ccccc3)n2)C=CC=CC1. The summed E-state index contributed by atoms with van der Waals surface area (Å²) in [6.45, 7) is 2.33. The van der Waals surface area contributed by atoms with Crippen molar-refractivity contribution in [2.45, 2.75) is 18.8 Å². The fourth-order valence-corrected chi connectivity index (χ4v) is 8.92. The Hall–Kier alpha value is -6.10. The van der Waals surface area contributed by atoms with Gasteiger partial charge in [-0.1, -0.05) is 146 Å². The third-order valence-electron chi connectivity index (χ3n) is 10.4. The summed E-state index contributed by atoms with van der Waals surface area (Å²) in [5.74, 6) is 0.671. The van der Waals surface area contributed by atoms with Gasteiger partial charge in [-0.2, -0.15) is 0 Å². The molecule has 9 aromatic rings. The first-order chi connectivity index (χ1) is 25.1. The average molecular weight is 672 g/mol. The first-order valence-electron chi connectivity index (χ1n) is 17.5. The molecule has 0 fully saturated rings. The van der Waals surface area contributed by atoms with Gasteiger partial charge in [0.05, 0.1) is 27.1 Å². The van der Waals surface area contributed by atoms with Gasteiger partial charge in [0.2, 0.25) is 5.95 Å². The Morgan fingerprint density at radius 3 is 1.90 bits per heavy atom. The maximum Gasteiger partial charge on any atom is 0.235 e. The van der Waals surface area contributed by atoms with Crippen LogP contribution in [0, 0.1) is 0 Å². The zero-order valence-electron chi connectivity index (χ0n) is 28.1. The van der Waals surface area contributed by atoms with E-state index in [4.69, 9.17) is 9.97 Å². The molecular formula is C47H33N3S. The van der Waals surface area contributed by atoms with E-state index in [0.29, 0.717) is 5.95 Å². The fraction of sp³-hybridized carbons (Fsp3) is 0.0638. The van der Waals surface area contributed by atoms with Crippen molar-refractivity contribution >= 4 is 53.3 Å². The van der Waals surface area contributed by atoms with Crippen LogP contribution in [0.3, 0.4) is 0 Å². The standard InChI is InChI=1S/C47H33N3S/c1-47(26-12-5-13-27-47)35-21-24-42-38(29-35)36-22-23-37-39-28-34(31-14-6-2-7-15-31)20-25-43(39)51-45(37)44(36)50(42)46-48-40(32-16-8-3-9-17-32)30-41(49-46)33-18-10-4-11-19-33/h2-26,28-30H,27H2,1H3. The van der Waals surface area contributed by atoms with Crippen LogP contribution in [0.25, 0.3) is 81.6 Å². The van der Waals surface area contributed by atoms with Gasteiger partial charge >= 0.3 is 0 Å². The smallest absolute Gasteiger partial charge is 0.235 e. The number of fused-ring (bicyclic) bond motifs is 7. The second kappa shape index (κ2) is 11.8. The molecule has 1 aliphatic carbocycles. The van der Waals surface area contributed by atoms with Crippen LogP contribution in [-0.4, -0.2) is 14.5 Å². The third kappa shape index (κ3) is 4.94. The molecule has 0 radical (unpaired) electrons. The van der Waals surface area contributed by atoms with Crippen molar-refractivity contribution in [1.29, 1.82) is 0 Å². The number of nitrogens with zero attached hydrogens (tertiary/aromatic N) is 3. The molecule has 51 heavy (non-hydrogen) atoms. The predicted molar refractivity (Wildman–Crippen MR) is 216 cm³/mol. The Balaban J connectivity index is 1.30. The molecule has 3 nitrogen and oxygen atoms in total. The fourth-order valence-electron chi connectivity index (χ4n) is 7.70. The molecule has 0 spiro atoms. The molecule has 242 valence electrons. The summed E-state index contributed by atoms with van der Waals surface area (Å²) in [6.07, 6.45) is 9.90. The molecule has 1 aliphatic rings. The minimum Gasteiger partial charge on any atom is -0.276 e. The van der Waals surface area contributed by atoms with Crippen molar-refractivity contribution in [3.05, 3.63) is 175 Å². The van der Waals surface area contributed by atoms with E-state index in [-0.39, 0.29) is 5.41 Å². The van der Waals surface area contributed by atoms with Crippen LogP contribution in [0.5, 0.6) is 0 Å². The summed E-state index contributed by atoms with van der Waals surface area (Å²) < 4.78 is 4.83. The van der Waals surface area contributed by atoms with Crippen LogP contribution in [0.1, 0.15) is 18.9 Å². The second-order valence-electron chi connectivity index (χ2n) is 13.7. The second-order valence-corrected chi connectivity index (χ2v) is 14.7. The number of rotatable bonds is 5. The van der Waals surface area contributed by atoms with Crippen LogP contribution >= 0.6 is 11.3 Å². The average Bonchev–Trinajstić information content (AvgIpc) is 3.74. The van der Waals surface area contributed by atoms with Crippen molar-refractivity contribution in [3.8, 4) is 39.6 Å². The maximum absolute atomic E-state index is 5.35. The van der Waals surface area contributed by atoms with Gasteiger partial charge in [0.25, 0.3) is 0 Å². The summed E-state index contributed by atoms with van der Waals surface area (Å²) in [7, 11) is 0. The van der Waals surface area contributed by atoms with Gasteiger partial charge in [0.15, 0.2) is 0 Å². The molecule has 0 bridgehead atoms. The van der Waals surface area contributed by atoms with Crippen molar-refractivity contribution in [1.82, 2.24) is 14.5 Å². The van der Waals surface area contributed by atoms with Crippen molar-refractivity contribution in [2.24, 2.45) is 0 Å². The van der Waals surface area contributed by atoms with Gasteiger partial charge in [-0.15, -0.1) is 11.3 Å². The van der Waals surface area contributed by atoms with Gasteiger partial charge < -0.3 is 0 Å². The highest BCUT2D eigenvalue weighted by molar-refractivity contribution is 7.26. The Kier molecular flexibility index (Phi) is 6.87. The van der Waals surface area contributed by atoms with Gasteiger partial charge in [-0.05, 0) is 53.4 Å². The number of benzene rings is 6. The summed E-state index contributed by atoms with van der Waals surface area (Å²) >= 11 is 1.86. The Bertz CT molecular complexity index is 2770. The minimum absolute atomic E-state index is 0.0723. The summed E-state index contributed by atoms with van der Waals surface area (Å²) in [5, 5.41) is 4.94. The van der Waals surface area contributed by atoms with E-state index in [1.165, 1.54) is 47.6 Å². The highest BCUT2D eigenvalue weighted by Crippen LogP contribution is 2.45. The van der Waals surface area contributed by atoms with E-state index in [1.54, 1.807) is 0 Å². The summed E-state index contributed by atoms with van der Waals surface area (Å²) in [6, 6.07) is 52.2. The zero-order chi connectivity index (χ0) is 33.9. The lowest BCUT2D eigenvalue weighted by atomic mass is 9.77. The maximum atomic E-state index is 5.35. The third-order valence-corrected chi connectivity index (χ3v) is 11.6. The van der Waals surface area contributed by atoms with Crippen LogP contribution in [-0.2, 0) is 5.41 Å². The molecule has 3 heterocycles. The normalized spacial score (nSPS) is 15.8. The van der Waals surface area contributed by atoms with E-state index in [9.17, 15) is 0 Å². The molecule has 0 saturated carbocycles. The van der Waals surface area contributed by atoms with Gasteiger partial charge in [-0.25, -0.2) is 9.97 Å². The Morgan fingerprint density at radius 1 is 0.569 bits per heavy atom.